The fraction of sp³-hybridized carbons (Fsp3) is 0.308. The lowest BCUT2D eigenvalue weighted by Gasteiger charge is -2.43. The molecule has 0 aliphatic carbocycles. The van der Waals surface area contributed by atoms with Crippen molar-refractivity contribution in [3.8, 4) is 0 Å². The predicted octanol–water partition coefficient (Wildman–Crippen LogP) is 6.84. The van der Waals surface area contributed by atoms with Gasteiger partial charge in [0.2, 0.25) is 0 Å². The van der Waals surface area contributed by atoms with E-state index < -0.39 is 28.9 Å². The van der Waals surface area contributed by atoms with Crippen LogP contribution in [0, 0.1) is 0 Å². The van der Waals surface area contributed by atoms with Crippen molar-refractivity contribution in [3.05, 3.63) is 131 Å². The number of anilines is 2. The molecular formula is C39H40N4O4. The van der Waals surface area contributed by atoms with E-state index in [0.717, 1.165) is 11.1 Å². The minimum absolute atomic E-state index is 0.276. The Balaban J connectivity index is 1.51. The number of amides is 3. The molecule has 3 heterocycles. The van der Waals surface area contributed by atoms with Crippen LogP contribution in [0.3, 0.4) is 0 Å². The molecule has 8 heteroatoms. The van der Waals surface area contributed by atoms with Crippen molar-refractivity contribution in [2.75, 3.05) is 9.80 Å². The maximum Gasteiger partial charge on any atom is 0.412 e. The molecule has 1 saturated heterocycles. The number of fused-ring (bicyclic) bond motifs is 5. The molecule has 0 aromatic heterocycles. The highest BCUT2D eigenvalue weighted by molar-refractivity contribution is 6.19. The minimum atomic E-state index is -1.78. The zero-order chi connectivity index (χ0) is 33.0. The number of ether oxygens (including phenoxy) is 1. The van der Waals surface area contributed by atoms with Gasteiger partial charge in [-0.05, 0) is 50.5 Å². The number of benzene rings is 4. The molecule has 3 aliphatic rings. The average Bonchev–Trinajstić information content (AvgIpc) is 3.59. The largest absolute Gasteiger partial charge is 0.444 e. The predicted molar refractivity (Wildman–Crippen MR) is 181 cm³/mol. The normalized spacial score (nSPS) is 23.1. The molecule has 2 spiro atoms. The van der Waals surface area contributed by atoms with E-state index in [1.165, 1.54) is 0 Å². The summed E-state index contributed by atoms with van der Waals surface area (Å²) in [6.07, 6.45) is -0.101. The van der Waals surface area contributed by atoms with Crippen LogP contribution in [0.15, 0.2) is 109 Å². The highest BCUT2D eigenvalue weighted by Gasteiger charge is 2.79. The number of carbonyl (C=O) groups excluding carboxylic acids is 3. The van der Waals surface area contributed by atoms with Crippen molar-refractivity contribution in [2.45, 2.75) is 76.5 Å². The molecule has 0 saturated carbocycles. The van der Waals surface area contributed by atoms with Crippen molar-refractivity contribution in [2.24, 2.45) is 0 Å². The van der Waals surface area contributed by atoms with Gasteiger partial charge in [0.25, 0.3) is 11.8 Å². The zero-order valence-electron chi connectivity index (χ0n) is 27.3. The second-order valence-corrected chi connectivity index (χ2v) is 13.5. The monoisotopic (exact) mass is 628 g/mol. The molecular weight excluding hydrogens is 588 g/mol. The minimum Gasteiger partial charge on any atom is -0.444 e. The Labute approximate surface area is 275 Å². The molecule has 3 amide bonds. The van der Waals surface area contributed by atoms with Gasteiger partial charge in [-0.25, -0.2) is 4.79 Å². The van der Waals surface area contributed by atoms with Gasteiger partial charge in [-0.15, -0.1) is 0 Å². The number of hydrogen-bond donors (Lipinski definition) is 1. The summed E-state index contributed by atoms with van der Waals surface area (Å²) in [5.74, 6) is -0.622. The van der Waals surface area contributed by atoms with Gasteiger partial charge in [-0.1, -0.05) is 110 Å². The summed E-state index contributed by atoms with van der Waals surface area (Å²) in [6, 6.07) is 34.8. The van der Waals surface area contributed by atoms with Crippen LogP contribution in [0.1, 0.15) is 62.8 Å². The topological polar surface area (TPSA) is 82.2 Å². The molecule has 3 atom stereocenters. The van der Waals surface area contributed by atoms with Gasteiger partial charge in [0.05, 0.1) is 24.9 Å². The molecule has 1 N–H and O–H groups in total. The summed E-state index contributed by atoms with van der Waals surface area (Å²) in [7, 11) is 0. The molecule has 240 valence electrons. The van der Waals surface area contributed by atoms with Gasteiger partial charge in [-0.2, -0.15) is 0 Å². The van der Waals surface area contributed by atoms with E-state index in [2.05, 4.69) is 5.32 Å². The van der Waals surface area contributed by atoms with Crippen LogP contribution in [-0.4, -0.2) is 34.6 Å². The van der Waals surface area contributed by atoms with Crippen molar-refractivity contribution >= 4 is 29.3 Å². The average molecular weight is 629 g/mol. The molecule has 4 aromatic carbocycles. The van der Waals surface area contributed by atoms with Crippen molar-refractivity contribution in [1.29, 1.82) is 0 Å². The first-order valence-electron chi connectivity index (χ1n) is 16.3. The van der Waals surface area contributed by atoms with Gasteiger partial charge < -0.3 is 14.5 Å². The number of nitrogens with zero attached hydrogens (tertiary/aromatic N) is 3. The lowest BCUT2D eigenvalue weighted by molar-refractivity contribution is -0.140. The van der Waals surface area contributed by atoms with E-state index >= 15 is 9.59 Å². The molecule has 0 bridgehead atoms. The van der Waals surface area contributed by atoms with Crippen LogP contribution >= 0.6 is 0 Å². The van der Waals surface area contributed by atoms with Crippen LogP contribution in [-0.2, 0) is 38.5 Å². The molecule has 1 fully saturated rings. The highest BCUT2D eigenvalue weighted by atomic mass is 16.6. The number of para-hydroxylation sites is 2. The Morgan fingerprint density at radius 1 is 0.723 bits per heavy atom. The zero-order valence-corrected chi connectivity index (χ0v) is 27.3. The standard InChI is InChI=1S/C39H40N4O4/c1-5-16-33-40-38(29-21-12-14-23-31(29)41(34(38)44)25-27-17-8-6-9-18-27)39(43(33)36(46)47-37(2,3)4)30-22-13-15-24-32(30)42(35(39)45)26-28-19-10-7-11-20-28/h6-15,17-24,33,40H,5,16,25-26H2,1-4H3. The molecule has 3 aliphatic heterocycles. The third kappa shape index (κ3) is 4.57. The van der Waals surface area contributed by atoms with Gasteiger partial charge >= 0.3 is 6.09 Å². The SMILES string of the molecule is CCCC1NC2(C(=O)N(Cc3ccccc3)c3ccccc32)C2(C(=O)N(Cc3ccccc3)c3ccccc32)N1C(=O)OC(C)(C)C. The number of hydrogen-bond acceptors (Lipinski definition) is 5. The van der Waals surface area contributed by atoms with Gasteiger partial charge in [-0.3, -0.25) is 19.8 Å². The van der Waals surface area contributed by atoms with E-state index in [4.69, 9.17) is 4.74 Å². The van der Waals surface area contributed by atoms with E-state index in [9.17, 15) is 4.79 Å². The third-order valence-corrected chi connectivity index (χ3v) is 9.42. The first-order valence-corrected chi connectivity index (χ1v) is 16.3. The molecule has 7 rings (SSSR count). The Bertz CT molecular complexity index is 1840. The van der Waals surface area contributed by atoms with Crippen LogP contribution in [0.2, 0.25) is 0 Å². The van der Waals surface area contributed by atoms with E-state index in [0.29, 0.717) is 41.9 Å². The first kappa shape index (κ1) is 30.7. The molecule has 8 nitrogen and oxygen atoms in total. The second-order valence-electron chi connectivity index (χ2n) is 13.5. The number of carbonyl (C=O) groups is 3. The van der Waals surface area contributed by atoms with Crippen molar-refractivity contribution < 1.29 is 19.1 Å². The summed E-state index contributed by atoms with van der Waals surface area (Å²) in [5, 5.41) is 3.68. The van der Waals surface area contributed by atoms with Gasteiger partial charge in [0, 0.05) is 16.8 Å². The Morgan fingerprint density at radius 3 is 1.77 bits per heavy atom. The molecule has 0 radical (unpaired) electrons. The lowest BCUT2D eigenvalue weighted by atomic mass is 9.69. The van der Waals surface area contributed by atoms with Crippen LogP contribution in [0.25, 0.3) is 0 Å². The Kier molecular flexibility index (Phi) is 7.43. The van der Waals surface area contributed by atoms with Crippen LogP contribution in [0.5, 0.6) is 0 Å². The summed E-state index contributed by atoms with van der Waals surface area (Å²) >= 11 is 0. The van der Waals surface area contributed by atoms with E-state index in [1.54, 1.807) is 14.7 Å². The Hall–Kier alpha value is -4.95. The smallest absolute Gasteiger partial charge is 0.412 e. The maximum absolute atomic E-state index is 15.7. The molecule has 3 unspecified atom stereocenters. The van der Waals surface area contributed by atoms with Gasteiger partial charge in [0.15, 0.2) is 11.1 Å². The second kappa shape index (κ2) is 11.4. The van der Waals surface area contributed by atoms with Crippen molar-refractivity contribution in [1.82, 2.24) is 10.2 Å². The number of nitrogens with one attached hydrogen (secondary N) is 1. The van der Waals surface area contributed by atoms with E-state index in [1.807, 2.05) is 137 Å². The van der Waals surface area contributed by atoms with Crippen molar-refractivity contribution in [3.63, 3.8) is 0 Å². The van der Waals surface area contributed by atoms with Crippen LogP contribution < -0.4 is 15.1 Å². The Morgan fingerprint density at radius 2 is 1.21 bits per heavy atom. The summed E-state index contributed by atoms with van der Waals surface area (Å²) in [5.41, 5.74) is 0.282. The lowest BCUT2D eigenvalue weighted by Crippen LogP contribution is -2.66. The molecule has 4 aromatic rings. The molecule has 47 heavy (non-hydrogen) atoms. The summed E-state index contributed by atoms with van der Waals surface area (Å²) in [4.78, 5) is 50.8. The highest BCUT2D eigenvalue weighted by Crippen LogP contribution is 2.62. The quantitative estimate of drug-likeness (QED) is 0.253. The number of rotatable bonds is 6. The first-order chi connectivity index (χ1) is 22.6. The van der Waals surface area contributed by atoms with Gasteiger partial charge in [0.1, 0.15) is 5.60 Å². The maximum atomic E-state index is 15.7. The van der Waals surface area contributed by atoms with Crippen LogP contribution in [0.4, 0.5) is 16.2 Å². The third-order valence-electron chi connectivity index (χ3n) is 9.42. The fourth-order valence-electron chi connectivity index (χ4n) is 7.70. The summed E-state index contributed by atoms with van der Waals surface area (Å²) in [6.45, 7) is 8.06. The fourth-order valence-corrected chi connectivity index (χ4v) is 7.70. The van der Waals surface area contributed by atoms with E-state index in [-0.39, 0.29) is 18.4 Å². The summed E-state index contributed by atoms with van der Waals surface area (Å²) < 4.78 is 6.10.